The summed E-state index contributed by atoms with van der Waals surface area (Å²) in [5, 5.41) is 21.7. The molecular weight excluding hydrogens is 310 g/mol. The van der Waals surface area contributed by atoms with Crippen molar-refractivity contribution in [1.82, 2.24) is 9.97 Å². The van der Waals surface area contributed by atoms with Crippen LogP contribution in [-0.2, 0) is 13.0 Å². The highest BCUT2D eigenvalue weighted by atomic mass is 15.0. The molecule has 1 heterocycles. The van der Waals surface area contributed by atoms with E-state index < -0.39 is 0 Å². The van der Waals surface area contributed by atoms with Crippen LogP contribution in [0, 0.1) is 22.7 Å². The summed E-state index contributed by atoms with van der Waals surface area (Å²) in [6, 6.07) is 23.6. The molecule has 0 fully saturated rings. The normalized spacial score (nSPS) is 9.84. The average molecular weight is 325 g/mol. The molecule has 0 bridgehead atoms. The third-order valence-electron chi connectivity index (χ3n) is 3.70. The van der Waals surface area contributed by atoms with Gasteiger partial charge in [0.15, 0.2) is 11.4 Å². The lowest BCUT2D eigenvalue weighted by atomic mass is 10.1. The van der Waals surface area contributed by atoms with Gasteiger partial charge in [-0.2, -0.15) is 10.5 Å². The maximum Gasteiger partial charge on any atom is 0.179 e. The minimum absolute atomic E-state index is 0.0369. The van der Waals surface area contributed by atoms with Crippen LogP contribution in [0.2, 0.25) is 0 Å². The van der Waals surface area contributed by atoms with Crippen molar-refractivity contribution in [3.05, 3.63) is 88.9 Å². The molecule has 0 amide bonds. The van der Waals surface area contributed by atoms with Crippen LogP contribution in [0.25, 0.3) is 0 Å². The zero-order chi connectivity index (χ0) is 17.5. The van der Waals surface area contributed by atoms with E-state index in [-0.39, 0.29) is 11.4 Å². The van der Waals surface area contributed by atoms with Gasteiger partial charge in [0.05, 0.1) is 5.69 Å². The second kappa shape index (κ2) is 7.72. The van der Waals surface area contributed by atoms with Gasteiger partial charge in [-0.05, 0) is 11.1 Å². The summed E-state index contributed by atoms with van der Waals surface area (Å²) in [7, 11) is 0. The number of hydrogen-bond acceptors (Lipinski definition) is 5. The SMILES string of the molecule is N#Cc1nc(Cc2ccccc2)c(NCc2ccccc2)nc1C#N. The fourth-order valence-electron chi connectivity index (χ4n) is 2.46. The van der Waals surface area contributed by atoms with Crippen LogP contribution >= 0.6 is 0 Å². The number of rotatable bonds is 5. The van der Waals surface area contributed by atoms with Gasteiger partial charge >= 0.3 is 0 Å². The van der Waals surface area contributed by atoms with Crippen LogP contribution in [0.1, 0.15) is 28.2 Å². The molecule has 0 saturated carbocycles. The molecule has 120 valence electrons. The first-order valence-electron chi connectivity index (χ1n) is 7.83. The summed E-state index contributed by atoms with van der Waals surface area (Å²) in [4.78, 5) is 8.68. The Hall–Kier alpha value is -3.70. The van der Waals surface area contributed by atoms with E-state index in [0.717, 1.165) is 11.1 Å². The van der Waals surface area contributed by atoms with Gasteiger partial charge in [0.2, 0.25) is 0 Å². The van der Waals surface area contributed by atoms with Crippen molar-refractivity contribution in [2.24, 2.45) is 0 Å². The van der Waals surface area contributed by atoms with Gasteiger partial charge in [-0.15, -0.1) is 0 Å². The van der Waals surface area contributed by atoms with E-state index in [1.165, 1.54) is 0 Å². The standard InChI is InChI=1S/C20H15N5/c21-12-18-19(13-22)25-20(23-14-16-9-5-2-6-10-16)17(24-18)11-15-7-3-1-4-8-15/h1-10H,11,14H2,(H,23,25). The smallest absolute Gasteiger partial charge is 0.179 e. The van der Waals surface area contributed by atoms with Crippen LogP contribution in [0.3, 0.4) is 0 Å². The number of nitrogens with one attached hydrogen (secondary N) is 1. The minimum atomic E-state index is 0.0369. The average Bonchev–Trinajstić information content (AvgIpc) is 2.68. The number of aromatic nitrogens is 2. The molecule has 0 aliphatic carbocycles. The van der Waals surface area contributed by atoms with Gasteiger partial charge in [-0.3, -0.25) is 0 Å². The molecule has 5 heteroatoms. The van der Waals surface area contributed by atoms with Crippen molar-refractivity contribution < 1.29 is 0 Å². The van der Waals surface area contributed by atoms with Crippen molar-refractivity contribution in [2.75, 3.05) is 5.32 Å². The highest BCUT2D eigenvalue weighted by molar-refractivity contribution is 5.49. The highest BCUT2D eigenvalue weighted by Gasteiger charge is 2.14. The minimum Gasteiger partial charge on any atom is -0.364 e. The van der Waals surface area contributed by atoms with Gasteiger partial charge < -0.3 is 5.32 Å². The predicted octanol–water partition coefficient (Wildman–Crippen LogP) is 3.42. The molecule has 0 spiro atoms. The van der Waals surface area contributed by atoms with Crippen LogP contribution in [0.15, 0.2) is 60.7 Å². The Morgan fingerprint density at radius 1 is 0.760 bits per heavy atom. The monoisotopic (exact) mass is 325 g/mol. The van der Waals surface area contributed by atoms with Crippen LogP contribution < -0.4 is 5.32 Å². The lowest BCUT2D eigenvalue weighted by Crippen LogP contribution is -2.10. The summed E-state index contributed by atoms with van der Waals surface area (Å²) >= 11 is 0. The molecule has 5 nitrogen and oxygen atoms in total. The van der Waals surface area contributed by atoms with E-state index in [9.17, 15) is 10.5 Å². The predicted molar refractivity (Wildman–Crippen MR) is 94.5 cm³/mol. The summed E-state index contributed by atoms with van der Waals surface area (Å²) in [5.41, 5.74) is 2.90. The van der Waals surface area contributed by atoms with Crippen molar-refractivity contribution in [3.63, 3.8) is 0 Å². The van der Waals surface area contributed by atoms with Gasteiger partial charge in [0, 0.05) is 13.0 Å². The Bertz CT molecular complexity index is 938. The van der Waals surface area contributed by atoms with Crippen molar-refractivity contribution in [3.8, 4) is 12.1 Å². The molecule has 0 saturated heterocycles. The molecule has 0 radical (unpaired) electrons. The van der Waals surface area contributed by atoms with E-state index in [1.54, 1.807) is 0 Å². The summed E-state index contributed by atoms with van der Waals surface area (Å²) in [5.74, 6) is 0.531. The van der Waals surface area contributed by atoms with Gasteiger partial charge in [0.1, 0.15) is 18.0 Å². The molecule has 0 atom stereocenters. The third kappa shape index (κ3) is 3.99. The molecule has 0 aliphatic rings. The van der Waals surface area contributed by atoms with E-state index in [0.29, 0.717) is 24.5 Å². The summed E-state index contributed by atoms with van der Waals surface area (Å²) < 4.78 is 0. The molecule has 25 heavy (non-hydrogen) atoms. The Balaban J connectivity index is 1.93. The Morgan fingerprint density at radius 2 is 1.32 bits per heavy atom. The van der Waals surface area contributed by atoms with Crippen LogP contribution in [0.5, 0.6) is 0 Å². The Kier molecular flexibility index (Phi) is 4.99. The number of nitriles is 2. The first-order valence-corrected chi connectivity index (χ1v) is 7.83. The second-order valence-electron chi connectivity index (χ2n) is 5.44. The van der Waals surface area contributed by atoms with E-state index in [2.05, 4.69) is 15.3 Å². The molecule has 3 rings (SSSR count). The highest BCUT2D eigenvalue weighted by Crippen LogP contribution is 2.18. The second-order valence-corrected chi connectivity index (χ2v) is 5.44. The van der Waals surface area contributed by atoms with Gasteiger partial charge in [-0.1, -0.05) is 60.7 Å². The lowest BCUT2D eigenvalue weighted by molar-refractivity contribution is 0.980. The third-order valence-corrected chi connectivity index (χ3v) is 3.70. The fourth-order valence-corrected chi connectivity index (χ4v) is 2.46. The first-order chi connectivity index (χ1) is 12.3. The number of hydrogen-bond donors (Lipinski definition) is 1. The number of benzene rings is 2. The fraction of sp³-hybridized carbons (Fsp3) is 0.100. The summed E-state index contributed by atoms with van der Waals surface area (Å²) in [6.07, 6.45) is 0.533. The molecule has 2 aromatic carbocycles. The quantitative estimate of drug-likeness (QED) is 0.777. The van der Waals surface area contributed by atoms with Crippen LogP contribution in [-0.4, -0.2) is 9.97 Å². The van der Waals surface area contributed by atoms with Gasteiger partial charge in [-0.25, -0.2) is 9.97 Å². The Labute approximate surface area is 146 Å². The van der Waals surface area contributed by atoms with E-state index >= 15 is 0 Å². The molecule has 1 N–H and O–H groups in total. The van der Waals surface area contributed by atoms with Crippen molar-refractivity contribution >= 4 is 5.82 Å². The molecule has 0 unspecified atom stereocenters. The Morgan fingerprint density at radius 3 is 1.92 bits per heavy atom. The van der Waals surface area contributed by atoms with Crippen molar-refractivity contribution in [2.45, 2.75) is 13.0 Å². The van der Waals surface area contributed by atoms with Crippen LogP contribution in [0.4, 0.5) is 5.82 Å². The molecule has 1 aromatic heterocycles. The maximum atomic E-state index is 9.21. The largest absolute Gasteiger partial charge is 0.364 e. The first kappa shape index (κ1) is 16.2. The number of nitrogens with zero attached hydrogens (tertiary/aromatic N) is 4. The zero-order valence-corrected chi connectivity index (χ0v) is 13.5. The van der Waals surface area contributed by atoms with E-state index in [4.69, 9.17) is 0 Å². The molecule has 0 aliphatic heterocycles. The molecule has 3 aromatic rings. The van der Waals surface area contributed by atoms with Gasteiger partial charge in [0.25, 0.3) is 0 Å². The number of anilines is 1. The molecular formula is C20H15N5. The zero-order valence-electron chi connectivity index (χ0n) is 13.5. The summed E-state index contributed by atoms with van der Waals surface area (Å²) in [6.45, 7) is 0.564. The topological polar surface area (TPSA) is 85.4 Å². The lowest BCUT2D eigenvalue weighted by Gasteiger charge is -2.12. The van der Waals surface area contributed by atoms with Crippen molar-refractivity contribution in [1.29, 1.82) is 10.5 Å². The van der Waals surface area contributed by atoms with E-state index in [1.807, 2.05) is 72.8 Å². The maximum absolute atomic E-state index is 9.21.